The first-order chi connectivity index (χ1) is 10.1. The number of hydrogen-bond donors (Lipinski definition) is 1. The van der Waals surface area contributed by atoms with Crippen LogP contribution in [-0.4, -0.2) is 14.0 Å². The molecule has 2 aromatic rings. The number of anilines is 1. The van der Waals surface area contributed by atoms with Crippen molar-refractivity contribution in [1.29, 1.82) is 0 Å². The molecule has 1 aliphatic rings. The van der Waals surface area contributed by atoms with Gasteiger partial charge in [0.05, 0.1) is 38.2 Å². The summed E-state index contributed by atoms with van der Waals surface area (Å²) in [5, 5.41) is 5.01. The molecule has 0 radical (unpaired) electrons. The summed E-state index contributed by atoms with van der Waals surface area (Å²) in [6.07, 6.45) is 6.91. The van der Waals surface area contributed by atoms with Crippen molar-refractivity contribution in [2.24, 2.45) is 0 Å². The smallest absolute Gasteiger partial charge is 0.0753 e. The minimum absolute atomic E-state index is 0.378. The van der Waals surface area contributed by atoms with Gasteiger partial charge in [0.1, 0.15) is 0 Å². The molecule has 0 spiro atoms. The second-order valence-electron chi connectivity index (χ2n) is 5.41. The predicted molar refractivity (Wildman–Crippen MR) is 85.7 cm³/mol. The maximum atomic E-state index is 12.4. The van der Waals surface area contributed by atoms with E-state index < -0.39 is 10.8 Å². The lowest BCUT2D eigenvalue weighted by molar-refractivity contribution is 0.464. The van der Waals surface area contributed by atoms with Gasteiger partial charge < -0.3 is 5.73 Å². The zero-order valence-electron chi connectivity index (χ0n) is 11.7. The molecule has 3 rings (SSSR count). The van der Waals surface area contributed by atoms with Crippen molar-refractivity contribution in [3.63, 3.8) is 0 Å². The van der Waals surface area contributed by atoms with Gasteiger partial charge in [-0.05, 0) is 37.1 Å². The molecule has 1 aromatic carbocycles. The van der Waals surface area contributed by atoms with Crippen LogP contribution >= 0.6 is 11.6 Å². The van der Waals surface area contributed by atoms with Gasteiger partial charge in [-0.15, -0.1) is 0 Å². The Bertz CT molecular complexity index is 665. The standard InChI is InChI=1S/C15H18ClN3OS/c16-14-9-11(17)5-6-15(14)21(20)10-12-7-8-19(18-12)13-3-1-2-4-13/h5-9,13H,1-4,10,17H2. The zero-order chi connectivity index (χ0) is 14.8. The summed E-state index contributed by atoms with van der Waals surface area (Å²) in [5.74, 6) is 0.378. The molecule has 0 saturated heterocycles. The van der Waals surface area contributed by atoms with Crippen molar-refractivity contribution in [2.45, 2.75) is 42.4 Å². The highest BCUT2D eigenvalue weighted by atomic mass is 35.5. The Labute approximate surface area is 131 Å². The Kier molecular flexibility index (Phi) is 4.31. The van der Waals surface area contributed by atoms with Crippen LogP contribution in [-0.2, 0) is 16.6 Å². The normalized spacial score (nSPS) is 17.2. The van der Waals surface area contributed by atoms with E-state index in [2.05, 4.69) is 5.10 Å². The topological polar surface area (TPSA) is 60.9 Å². The molecule has 0 bridgehead atoms. The van der Waals surface area contributed by atoms with E-state index in [-0.39, 0.29) is 0 Å². The van der Waals surface area contributed by atoms with Gasteiger partial charge in [-0.2, -0.15) is 5.10 Å². The highest BCUT2D eigenvalue weighted by Gasteiger charge is 2.18. The molecular weight excluding hydrogens is 306 g/mol. The number of rotatable bonds is 4. The van der Waals surface area contributed by atoms with Crippen LogP contribution in [0.1, 0.15) is 37.4 Å². The third kappa shape index (κ3) is 3.30. The molecular formula is C15H18ClN3OS. The fourth-order valence-electron chi connectivity index (χ4n) is 2.74. The van der Waals surface area contributed by atoms with Crippen molar-refractivity contribution < 1.29 is 4.21 Å². The number of nitrogens with zero attached hydrogens (tertiary/aromatic N) is 2. The first-order valence-corrected chi connectivity index (χ1v) is 8.80. The minimum Gasteiger partial charge on any atom is -0.399 e. The maximum absolute atomic E-state index is 12.4. The van der Waals surface area contributed by atoms with Gasteiger partial charge in [0.2, 0.25) is 0 Å². The highest BCUT2D eigenvalue weighted by molar-refractivity contribution is 7.84. The van der Waals surface area contributed by atoms with Crippen molar-refractivity contribution in [1.82, 2.24) is 9.78 Å². The molecule has 21 heavy (non-hydrogen) atoms. The molecule has 0 amide bonds. The van der Waals surface area contributed by atoms with Gasteiger partial charge in [-0.3, -0.25) is 8.89 Å². The lowest BCUT2D eigenvalue weighted by atomic mass is 10.3. The van der Waals surface area contributed by atoms with E-state index in [9.17, 15) is 4.21 Å². The van der Waals surface area contributed by atoms with E-state index in [0.29, 0.717) is 27.4 Å². The minimum atomic E-state index is -1.21. The fraction of sp³-hybridized carbons (Fsp3) is 0.400. The van der Waals surface area contributed by atoms with Crippen molar-refractivity contribution >= 4 is 28.1 Å². The Morgan fingerprint density at radius 1 is 1.33 bits per heavy atom. The number of halogens is 1. The monoisotopic (exact) mass is 323 g/mol. The molecule has 6 heteroatoms. The summed E-state index contributed by atoms with van der Waals surface area (Å²) in [4.78, 5) is 0.612. The van der Waals surface area contributed by atoms with Gasteiger partial charge in [0, 0.05) is 11.9 Å². The third-order valence-electron chi connectivity index (χ3n) is 3.84. The van der Waals surface area contributed by atoms with Gasteiger partial charge in [-0.25, -0.2) is 0 Å². The maximum Gasteiger partial charge on any atom is 0.0753 e. The van der Waals surface area contributed by atoms with Crippen LogP contribution in [0.2, 0.25) is 5.02 Å². The summed E-state index contributed by atoms with van der Waals surface area (Å²) in [7, 11) is -1.21. The number of aromatic nitrogens is 2. The van der Waals surface area contributed by atoms with Crippen LogP contribution in [0, 0.1) is 0 Å². The van der Waals surface area contributed by atoms with Crippen LogP contribution in [0.25, 0.3) is 0 Å². The second-order valence-corrected chi connectivity index (χ2v) is 7.23. The molecule has 0 aliphatic heterocycles. The van der Waals surface area contributed by atoms with E-state index in [1.165, 1.54) is 25.7 Å². The number of nitrogen functional groups attached to an aromatic ring is 1. The van der Waals surface area contributed by atoms with E-state index in [4.69, 9.17) is 17.3 Å². The number of hydrogen-bond acceptors (Lipinski definition) is 3. The van der Waals surface area contributed by atoms with Crippen LogP contribution in [0.15, 0.2) is 35.4 Å². The Morgan fingerprint density at radius 3 is 2.81 bits per heavy atom. The summed E-state index contributed by atoms with van der Waals surface area (Å²) >= 11 is 6.10. The van der Waals surface area contributed by atoms with E-state index in [0.717, 1.165) is 5.69 Å². The highest BCUT2D eigenvalue weighted by Crippen LogP contribution is 2.29. The van der Waals surface area contributed by atoms with Crippen LogP contribution in [0.5, 0.6) is 0 Å². The lowest BCUT2D eigenvalue weighted by Crippen LogP contribution is -2.06. The average Bonchev–Trinajstić information content (AvgIpc) is 3.08. The molecule has 1 aliphatic carbocycles. The third-order valence-corrected chi connectivity index (χ3v) is 5.67. The van der Waals surface area contributed by atoms with Crippen molar-refractivity contribution in [3.8, 4) is 0 Å². The molecule has 1 aromatic heterocycles. The Hall–Kier alpha value is -1.33. The Balaban J connectivity index is 1.72. The number of nitrogens with two attached hydrogens (primary N) is 1. The van der Waals surface area contributed by atoms with Gasteiger partial charge in [-0.1, -0.05) is 24.4 Å². The van der Waals surface area contributed by atoms with Gasteiger partial charge >= 0.3 is 0 Å². The summed E-state index contributed by atoms with van der Waals surface area (Å²) in [6, 6.07) is 7.53. The van der Waals surface area contributed by atoms with Gasteiger partial charge in [0.15, 0.2) is 0 Å². The number of benzene rings is 1. The molecule has 1 fully saturated rings. The summed E-state index contributed by atoms with van der Waals surface area (Å²) in [6.45, 7) is 0. The van der Waals surface area contributed by atoms with Crippen molar-refractivity contribution in [3.05, 3.63) is 41.2 Å². The zero-order valence-corrected chi connectivity index (χ0v) is 13.2. The van der Waals surface area contributed by atoms with E-state index in [1.807, 2.05) is 16.9 Å². The summed E-state index contributed by atoms with van der Waals surface area (Å²) in [5.41, 5.74) is 7.07. The second kappa shape index (κ2) is 6.20. The Morgan fingerprint density at radius 2 is 2.10 bits per heavy atom. The SMILES string of the molecule is Nc1ccc(S(=O)Cc2ccn(C3CCCC3)n2)c(Cl)c1. The largest absolute Gasteiger partial charge is 0.399 e. The van der Waals surface area contributed by atoms with Crippen LogP contribution < -0.4 is 5.73 Å². The molecule has 112 valence electrons. The molecule has 1 atom stereocenters. The molecule has 2 N–H and O–H groups in total. The molecule has 1 saturated carbocycles. The first kappa shape index (κ1) is 14.6. The average molecular weight is 324 g/mol. The van der Waals surface area contributed by atoms with Crippen LogP contribution in [0.4, 0.5) is 5.69 Å². The molecule has 4 nitrogen and oxygen atoms in total. The van der Waals surface area contributed by atoms with Crippen molar-refractivity contribution in [2.75, 3.05) is 5.73 Å². The predicted octanol–water partition coefficient (Wildman–Crippen LogP) is 3.54. The van der Waals surface area contributed by atoms with Gasteiger partial charge in [0.25, 0.3) is 0 Å². The summed E-state index contributed by atoms with van der Waals surface area (Å²) < 4.78 is 14.4. The molecule has 1 unspecified atom stereocenters. The van der Waals surface area contributed by atoms with Crippen LogP contribution in [0.3, 0.4) is 0 Å². The first-order valence-electron chi connectivity index (χ1n) is 7.11. The van der Waals surface area contributed by atoms with E-state index in [1.54, 1.807) is 18.2 Å². The molecule has 1 heterocycles. The quantitative estimate of drug-likeness (QED) is 0.875. The fourth-order valence-corrected chi connectivity index (χ4v) is 4.26. The van der Waals surface area contributed by atoms with E-state index >= 15 is 0 Å². The lowest BCUT2D eigenvalue weighted by Gasteiger charge is -2.09.